The number of rotatable bonds is 3. The van der Waals surface area contributed by atoms with Crippen molar-refractivity contribution in [1.29, 1.82) is 0 Å². The molecule has 0 radical (unpaired) electrons. The highest BCUT2D eigenvalue weighted by Gasteiger charge is 2.18. The first-order chi connectivity index (χ1) is 7.75. The number of hydrogen-bond acceptors (Lipinski definition) is 2. The molecular formula is C13H18BrNO. The molecule has 16 heavy (non-hydrogen) atoms. The van der Waals surface area contributed by atoms with Gasteiger partial charge < -0.3 is 5.11 Å². The molecule has 1 aromatic heterocycles. The predicted molar refractivity (Wildman–Crippen MR) is 68.1 cm³/mol. The first kappa shape index (κ1) is 12.1. The molecule has 0 amide bonds. The summed E-state index contributed by atoms with van der Waals surface area (Å²) in [6.45, 7) is 0. The molecule has 0 saturated heterocycles. The Labute approximate surface area is 105 Å². The summed E-state index contributed by atoms with van der Waals surface area (Å²) in [6, 6.07) is 1.96. The van der Waals surface area contributed by atoms with Crippen molar-refractivity contribution in [1.82, 2.24) is 4.98 Å². The monoisotopic (exact) mass is 283 g/mol. The molecular weight excluding hydrogens is 266 g/mol. The first-order valence-corrected chi connectivity index (χ1v) is 6.83. The summed E-state index contributed by atoms with van der Waals surface area (Å²) in [7, 11) is 0. The maximum atomic E-state index is 10.1. The van der Waals surface area contributed by atoms with Crippen molar-refractivity contribution in [2.75, 3.05) is 0 Å². The number of aliphatic hydroxyl groups excluding tert-OH is 1. The third-order valence-corrected chi connectivity index (χ3v) is 3.83. The van der Waals surface area contributed by atoms with Crippen LogP contribution in [-0.2, 0) is 0 Å². The molecule has 3 heteroatoms. The maximum absolute atomic E-state index is 10.1. The van der Waals surface area contributed by atoms with Gasteiger partial charge in [0.2, 0.25) is 0 Å². The zero-order valence-electron chi connectivity index (χ0n) is 9.40. The first-order valence-electron chi connectivity index (χ1n) is 6.04. The average molecular weight is 284 g/mol. The van der Waals surface area contributed by atoms with Crippen LogP contribution in [0, 0.1) is 5.92 Å². The fourth-order valence-electron chi connectivity index (χ4n) is 2.49. The number of pyridine rings is 1. The second-order valence-corrected chi connectivity index (χ2v) is 5.61. The van der Waals surface area contributed by atoms with Crippen LogP contribution in [0.3, 0.4) is 0 Å². The van der Waals surface area contributed by atoms with Gasteiger partial charge in [0.1, 0.15) is 0 Å². The summed E-state index contributed by atoms with van der Waals surface area (Å²) in [5.74, 6) is 0.697. The smallest absolute Gasteiger partial charge is 0.0808 e. The lowest BCUT2D eigenvalue weighted by Gasteiger charge is -2.24. The van der Waals surface area contributed by atoms with Gasteiger partial charge in [-0.15, -0.1) is 0 Å². The molecule has 1 N–H and O–H groups in total. The van der Waals surface area contributed by atoms with Gasteiger partial charge in [0, 0.05) is 16.9 Å². The summed E-state index contributed by atoms with van der Waals surface area (Å²) in [4.78, 5) is 4.09. The summed E-state index contributed by atoms with van der Waals surface area (Å²) in [6.07, 6.45) is 10.6. The Morgan fingerprint density at radius 2 is 2.06 bits per heavy atom. The molecule has 0 aromatic carbocycles. The Morgan fingerprint density at radius 1 is 1.31 bits per heavy atom. The SMILES string of the molecule is OC(CC1CCCCC1)c1cncc(Br)c1. The fraction of sp³-hybridized carbons (Fsp3) is 0.615. The molecule has 2 nitrogen and oxygen atoms in total. The van der Waals surface area contributed by atoms with E-state index < -0.39 is 0 Å². The summed E-state index contributed by atoms with van der Waals surface area (Å²) < 4.78 is 0.938. The molecule has 0 spiro atoms. The summed E-state index contributed by atoms with van der Waals surface area (Å²) >= 11 is 3.38. The van der Waals surface area contributed by atoms with Crippen LogP contribution >= 0.6 is 15.9 Å². The highest BCUT2D eigenvalue weighted by Crippen LogP contribution is 2.32. The van der Waals surface area contributed by atoms with E-state index in [2.05, 4.69) is 20.9 Å². The van der Waals surface area contributed by atoms with Crippen LogP contribution < -0.4 is 0 Å². The van der Waals surface area contributed by atoms with Gasteiger partial charge in [-0.3, -0.25) is 4.98 Å². The molecule has 1 aromatic rings. The standard InChI is InChI=1S/C13H18BrNO/c14-12-7-11(8-15-9-12)13(16)6-10-4-2-1-3-5-10/h7-10,13,16H,1-6H2. The molecule has 0 aliphatic heterocycles. The number of halogens is 1. The van der Waals surface area contributed by atoms with Crippen LogP contribution in [0.15, 0.2) is 22.9 Å². The molecule has 1 atom stereocenters. The lowest BCUT2D eigenvalue weighted by atomic mass is 9.84. The quantitative estimate of drug-likeness (QED) is 0.914. The Kier molecular flexibility index (Phi) is 4.36. The molecule has 1 aliphatic rings. The number of hydrogen-bond donors (Lipinski definition) is 1. The van der Waals surface area contributed by atoms with E-state index in [9.17, 15) is 5.11 Å². The Bertz CT molecular complexity index is 336. The maximum Gasteiger partial charge on any atom is 0.0808 e. The second kappa shape index (κ2) is 5.78. The van der Waals surface area contributed by atoms with E-state index in [0.717, 1.165) is 16.5 Å². The minimum Gasteiger partial charge on any atom is -0.388 e. The fourth-order valence-corrected chi connectivity index (χ4v) is 2.87. The minimum absolute atomic E-state index is 0.354. The van der Waals surface area contributed by atoms with Gasteiger partial charge >= 0.3 is 0 Å². The van der Waals surface area contributed by atoms with Crippen LogP contribution in [-0.4, -0.2) is 10.1 Å². The van der Waals surface area contributed by atoms with E-state index in [-0.39, 0.29) is 6.10 Å². The van der Waals surface area contributed by atoms with Crippen LogP contribution in [0.2, 0.25) is 0 Å². The van der Waals surface area contributed by atoms with Crippen molar-refractivity contribution in [3.8, 4) is 0 Å². The zero-order valence-corrected chi connectivity index (χ0v) is 11.0. The van der Waals surface area contributed by atoms with Gasteiger partial charge in [-0.2, -0.15) is 0 Å². The lowest BCUT2D eigenvalue weighted by molar-refractivity contribution is 0.131. The van der Waals surface area contributed by atoms with Crippen molar-refractivity contribution >= 4 is 15.9 Å². The molecule has 1 aliphatic carbocycles. The third-order valence-electron chi connectivity index (χ3n) is 3.39. The summed E-state index contributed by atoms with van der Waals surface area (Å²) in [5, 5.41) is 10.1. The number of aliphatic hydroxyl groups is 1. The van der Waals surface area contributed by atoms with Crippen molar-refractivity contribution in [2.45, 2.75) is 44.6 Å². The largest absolute Gasteiger partial charge is 0.388 e. The van der Waals surface area contributed by atoms with Gasteiger partial charge in [0.25, 0.3) is 0 Å². The normalized spacial score (nSPS) is 19.6. The topological polar surface area (TPSA) is 33.1 Å². The van der Waals surface area contributed by atoms with Gasteiger partial charge in [0.15, 0.2) is 0 Å². The van der Waals surface area contributed by atoms with Crippen LogP contribution in [0.25, 0.3) is 0 Å². The molecule has 1 fully saturated rings. The molecule has 2 rings (SSSR count). The predicted octanol–water partition coefficient (Wildman–Crippen LogP) is 3.85. The average Bonchev–Trinajstić information content (AvgIpc) is 2.30. The minimum atomic E-state index is -0.354. The van der Waals surface area contributed by atoms with Crippen molar-refractivity contribution in [2.24, 2.45) is 5.92 Å². The van der Waals surface area contributed by atoms with E-state index in [0.29, 0.717) is 5.92 Å². The van der Waals surface area contributed by atoms with Crippen LogP contribution in [0.5, 0.6) is 0 Å². The van der Waals surface area contributed by atoms with Gasteiger partial charge in [-0.1, -0.05) is 32.1 Å². The molecule has 88 valence electrons. The van der Waals surface area contributed by atoms with Gasteiger partial charge in [0.05, 0.1) is 6.10 Å². The molecule has 1 saturated carbocycles. The van der Waals surface area contributed by atoms with E-state index in [1.165, 1.54) is 32.1 Å². The Morgan fingerprint density at radius 3 is 2.75 bits per heavy atom. The van der Waals surface area contributed by atoms with E-state index in [1.807, 2.05) is 6.07 Å². The van der Waals surface area contributed by atoms with Crippen LogP contribution in [0.1, 0.15) is 50.2 Å². The van der Waals surface area contributed by atoms with E-state index in [1.54, 1.807) is 12.4 Å². The highest BCUT2D eigenvalue weighted by atomic mass is 79.9. The van der Waals surface area contributed by atoms with Crippen molar-refractivity contribution in [3.63, 3.8) is 0 Å². The Hall–Kier alpha value is -0.410. The zero-order chi connectivity index (χ0) is 11.4. The molecule has 1 heterocycles. The van der Waals surface area contributed by atoms with E-state index in [4.69, 9.17) is 0 Å². The van der Waals surface area contributed by atoms with Gasteiger partial charge in [-0.25, -0.2) is 0 Å². The number of nitrogens with zero attached hydrogens (tertiary/aromatic N) is 1. The number of aromatic nitrogens is 1. The molecule has 0 bridgehead atoms. The second-order valence-electron chi connectivity index (χ2n) is 4.69. The lowest BCUT2D eigenvalue weighted by Crippen LogP contribution is -2.11. The Balaban J connectivity index is 1.94. The van der Waals surface area contributed by atoms with Crippen LogP contribution in [0.4, 0.5) is 0 Å². The highest BCUT2D eigenvalue weighted by molar-refractivity contribution is 9.10. The molecule has 1 unspecified atom stereocenters. The third kappa shape index (κ3) is 3.29. The van der Waals surface area contributed by atoms with Crippen molar-refractivity contribution < 1.29 is 5.11 Å². The van der Waals surface area contributed by atoms with E-state index >= 15 is 0 Å². The summed E-state index contributed by atoms with van der Waals surface area (Å²) in [5.41, 5.74) is 0.931. The van der Waals surface area contributed by atoms with Crippen molar-refractivity contribution in [3.05, 3.63) is 28.5 Å². The van der Waals surface area contributed by atoms with Gasteiger partial charge in [-0.05, 0) is 39.9 Å².